The van der Waals surface area contributed by atoms with Gasteiger partial charge in [-0.25, -0.2) is 0 Å². The highest BCUT2D eigenvalue weighted by Gasteiger charge is 2.43. The molecule has 3 saturated heterocycles. The summed E-state index contributed by atoms with van der Waals surface area (Å²) < 4.78 is 5.37. The average Bonchev–Trinajstić information content (AvgIpc) is 1.87. The lowest BCUT2D eigenvalue weighted by Gasteiger charge is -2.54. The predicted molar refractivity (Wildman–Crippen MR) is 40.0 cm³/mol. The van der Waals surface area contributed by atoms with Gasteiger partial charge in [0.1, 0.15) is 0 Å². The first-order chi connectivity index (χ1) is 4.79. The van der Waals surface area contributed by atoms with E-state index in [1.165, 1.54) is 6.42 Å². The maximum absolute atomic E-state index is 5.37. The van der Waals surface area contributed by atoms with Crippen LogP contribution in [0, 0.1) is 0 Å². The molecule has 0 N–H and O–H groups in total. The van der Waals surface area contributed by atoms with E-state index in [0.717, 1.165) is 25.3 Å². The maximum atomic E-state index is 5.37. The molecule has 0 saturated carbocycles. The molecule has 0 radical (unpaired) electrons. The Bertz CT molecular complexity index is 121. The smallest absolute Gasteiger partial charge is 0.0623 e. The van der Waals surface area contributed by atoms with Gasteiger partial charge in [0.05, 0.1) is 13.2 Å². The van der Waals surface area contributed by atoms with E-state index in [0.29, 0.717) is 6.04 Å². The lowest BCUT2D eigenvalue weighted by atomic mass is 9.90. The van der Waals surface area contributed by atoms with Crippen molar-refractivity contribution in [1.29, 1.82) is 0 Å². The number of hydrogen-bond acceptors (Lipinski definition) is 2. The van der Waals surface area contributed by atoms with Gasteiger partial charge in [0.2, 0.25) is 0 Å². The summed E-state index contributed by atoms with van der Waals surface area (Å²) in [7, 11) is 0. The summed E-state index contributed by atoms with van der Waals surface area (Å²) in [6, 6.07) is 2.21. The van der Waals surface area contributed by atoms with Crippen molar-refractivity contribution in [3.63, 3.8) is 0 Å². The summed E-state index contributed by atoms with van der Waals surface area (Å²) in [6.07, 6.45) is 1.37. The Balaban J connectivity index is 1.99. The molecule has 2 bridgehead atoms. The van der Waals surface area contributed by atoms with Gasteiger partial charge in [-0.05, 0) is 20.3 Å². The molecular formula is C8H15NO. The van der Waals surface area contributed by atoms with Crippen LogP contribution >= 0.6 is 0 Å². The molecule has 3 aliphatic rings. The SMILES string of the molecule is CC(C)N1[C@@H]2COC[C@H]1C2. The van der Waals surface area contributed by atoms with E-state index >= 15 is 0 Å². The summed E-state index contributed by atoms with van der Waals surface area (Å²) in [6.45, 7) is 6.47. The van der Waals surface area contributed by atoms with Gasteiger partial charge in [-0.3, -0.25) is 4.90 Å². The quantitative estimate of drug-likeness (QED) is 0.537. The number of hydrogen-bond donors (Lipinski definition) is 0. The monoisotopic (exact) mass is 141 g/mol. The molecule has 0 unspecified atom stereocenters. The first-order valence-corrected chi connectivity index (χ1v) is 4.14. The number of morpholine rings is 1. The molecule has 0 amide bonds. The first kappa shape index (κ1) is 6.62. The van der Waals surface area contributed by atoms with Crippen LogP contribution in [0.5, 0.6) is 0 Å². The Kier molecular flexibility index (Phi) is 1.46. The van der Waals surface area contributed by atoms with Crippen molar-refractivity contribution in [1.82, 2.24) is 4.90 Å². The van der Waals surface area contributed by atoms with Gasteiger partial charge in [0, 0.05) is 18.1 Å². The topological polar surface area (TPSA) is 12.5 Å². The third-order valence-corrected chi connectivity index (χ3v) is 2.60. The van der Waals surface area contributed by atoms with Crippen molar-refractivity contribution < 1.29 is 4.74 Å². The number of fused-ring (bicyclic) bond motifs is 2. The predicted octanol–water partition coefficient (Wildman–Crippen LogP) is 0.868. The van der Waals surface area contributed by atoms with Crippen LogP contribution in [0.4, 0.5) is 0 Å². The summed E-state index contributed by atoms with van der Waals surface area (Å²) in [4.78, 5) is 2.57. The van der Waals surface area contributed by atoms with Gasteiger partial charge >= 0.3 is 0 Å². The molecule has 0 spiro atoms. The minimum absolute atomic E-state index is 0.715. The highest BCUT2D eigenvalue weighted by atomic mass is 16.5. The van der Waals surface area contributed by atoms with Gasteiger partial charge in [-0.2, -0.15) is 0 Å². The van der Waals surface area contributed by atoms with E-state index in [1.54, 1.807) is 0 Å². The Morgan fingerprint density at radius 3 is 2.20 bits per heavy atom. The normalized spacial score (nSPS) is 39.9. The number of rotatable bonds is 1. The highest BCUT2D eigenvalue weighted by molar-refractivity contribution is 4.97. The van der Waals surface area contributed by atoms with Gasteiger partial charge in [0.25, 0.3) is 0 Å². The van der Waals surface area contributed by atoms with Crippen LogP contribution in [0.15, 0.2) is 0 Å². The van der Waals surface area contributed by atoms with E-state index in [4.69, 9.17) is 4.74 Å². The van der Waals surface area contributed by atoms with Gasteiger partial charge < -0.3 is 4.74 Å². The van der Waals surface area contributed by atoms with Crippen molar-refractivity contribution >= 4 is 0 Å². The van der Waals surface area contributed by atoms with Crippen LogP contribution in [-0.4, -0.2) is 36.2 Å². The molecule has 3 heterocycles. The van der Waals surface area contributed by atoms with Crippen LogP contribution in [0.3, 0.4) is 0 Å². The number of nitrogens with zero attached hydrogens (tertiary/aromatic N) is 1. The zero-order valence-corrected chi connectivity index (χ0v) is 6.71. The van der Waals surface area contributed by atoms with E-state index in [9.17, 15) is 0 Å². The van der Waals surface area contributed by atoms with Crippen LogP contribution in [0.2, 0.25) is 0 Å². The van der Waals surface area contributed by atoms with Crippen LogP contribution < -0.4 is 0 Å². The fourth-order valence-corrected chi connectivity index (χ4v) is 2.21. The Labute approximate surface area is 62.2 Å². The molecule has 2 atom stereocenters. The standard InChI is InChI=1S/C8H15NO/c1-6(2)9-7-3-8(9)5-10-4-7/h6-8H,3-5H2,1-2H3/t7-,8+. The van der Waals surface area contributed by atoms with Crippen LogP contribution in [0.25, 0.3) is 0 Å². The van der Waals surface area contributed by atoms with E-state index in [-0.39, 0.29) is 0 Å². The van der Waals surface area contributed by atoms with Crippen molar-refractivity contribution in [2.45, 2.75) is 38.4 Å². The van der Waals surface area contributed by atoms with Crippen molar-refractivity contribution in [3.8, 4) is 0 Å². The molecule has 58 valence electrons. The molecule has 10 heavy (non-hydrogen) atoms. The Hall–Kier alpha value is -0.0800. The third kappa shape index (κ3) is 0.789. The first-order valence-electron chi connectivity index (χ1n) is 4.14. The Morgan fingerprint density at radius 2 is 1.90 bits per heavy atom. The van der Waals surface area contributed by atoms with E-state index in [1.807, 2.05) is 0 Å². The molecule has 2 nitrogen and oxygen atoms in total. The summed E-state index contributed by atoms with van der Waals surface area (Å²) >= 11 is 0. The molecule has 3 fully saturated rings. The molecule has 0 aliphatic carbocycles. The molecule has 0 aromatic rings. The number of ether oxygens (including phenoxy) is 1. The highest BCUT2D eigenvalue weighted by Crippen LogP contribution is 2.32. The molecule has 2 heteroatoms. The lowest BCUT2D eigenvalue weighted by molar-refractivity contribution is -0.141. The maximum Gasteiger partial charge on any atom is 0.0623 e. The molecular weight excluding hydrogens is 126 g/mol. The summed E-state index contributed by atoms with van der Waals surface area (Å²) in [5.74, 6) is 0. The van der Waals surface area contributed by atoms with Gasteiger partial charge in [-0.1, -0.05) is 0 Å². The van der Waals surface area contributed by atoms with Crippen molar-refractivity contribution in [3.05, 3.63) is 0 Å². The zero-order valence-electron chi connectivity index (χ0n) is 6.71. The third-order valence-electron chi connectivity index (χ3n) is 2.60. The lowest BCUT2D eigenvalue weighted by Crippen LogP contribution is -2.65. The minimum Gasteiger partial charge on any atom is -0.378 e. The van der Waals surface area contributed by atoms with Gasteiger partial charge in [-0.15, -0.1) is 0 Å². The fraction of sp³-hybridized carbons (Fsp3) is 1.00. The van der Waals surface area contributed by atoms with E-state index in [2.05, 4.69) is 18.7 Å². The Morgan fingerprint density at radius 1 is 1.30 bits per heavy atom. The largest absolute Gasteiger partial charge is 0.378 e. The molecule has 3 aliphatic heterocycles. The molecule has 0 aromatic heterocycles. The second-order valence-corrected chi connectivity index (χ2v) is 3.62. The van der Waals surface area contributed by atoms with Crippen LogP contribution in [0.1, 0.15) is 20.3 Å². The average molecular weight is 141 g/mol. The fourth-order valence-electron chi connectivity index (χ4n) is 2.21. The summed E-state index contributed by atoms with van der Waals surface area (Å²) in [5.41, 5.74) is 0. The second kappa shape index (κ2) is 2.21. The molecule has 3 rings (SSSR count). The van der Waals surface area contributed by atoms with Crippen molar-refractivity contribution in [2.75, 3.05) is 13.2 Å². The van der Waals surface area contributed by atoms with E-state index < -0.39 is 0 Å². The van der Waals surface area contributed by atoms with Gasteiger partial charge in [0.15, 0.2) is 0 Å². The van der Waals surface area contributed by atoms with Crippen LogP contribution in [-0.2, 0) is 4.74 Å². The zero-order chi connectivity index (χ0) is 7.14. The minimum atomic E-state index is 0.715. The summed E-state index contributed by atoms with van der Waals surface area (Å²) in [5, 5.41) is 0. The molecule has 0 aromatic carbocycles. The second-order valence-electron chi connectivity index (χ2n) is 3.62. The van der Waals surface area contributed by atoms with Crippen molar-refractivity contribution in [2.24, 2.45) is 0 Å².